The number of carbonyl (C=O) groups is 2. The van der Waals surface area contributed by atoms with Gasteiger partial charge in [0.2, 0.25) is 6.79 Å². The second-order valence-corrected chi connectivity index (χ2v) is 10.8. The number of allylic oxidation sites excluding steroid dienone is 1. The van der Waals surface area contributed by atoms with Crippen LogP contribution in [0.15, 0.2) is 66.7 Å². The molecule has 1 atom stereocenters. The van der Waals surface area contributed by atoms with Crippen LogP contribution in [0.1, 0.15) is 49.8 Å². The number of likely N-dealkylation sites (N-methyl/N-ethyl adjacent to an activating group) is 1. The Kier molecular flexibility index (Phi) is 9.12. The highest BCUT2D eigenvalue weighted by atomic mass is 16.7. The van der Waals surface area contributed by atoms with Crippen LogP contribution in [0, 0.1) is 5.92 Å². The van der Waals surface area contributed by atoms with Crippen molar-refractivity contribution in [1.82, 2.24) is 4.90 Å². The lowest BCUT2D eigenvalue weighted by atomic mass is 9.88. The summed E-state index contributed by atoms with van der Waals surface area (Å²) in [7, 11) is 3.85. The van der Waals surface area contributed by atoms with Crippen molar-refractivity contribution in [2.75, 3.05) is 34.0 Å². The van der Waals surface area contributed by atoms with E-state index in [9.17, 15) is 9.59 Å². The van der Waals surface area contributed by atoms with Gasteiger partial charge < -0.3 is 28.6 Å². The van der Waals surface area contributed by atoms with E-state index in [4.69, 9.17) is 23.7 Å². The van der Waals surface area contributed by atoms with Crippen LogP contribution in [-0.2, 0) is 14.3 Å². The van der Waals surface area contributed by atoms with E-state index >= 15 is 0 Å². The van der Waals surface area contributed by atoms with E-state index in [1.165, 1.54) is 6.92 Å². The van der Waals surface area contributed by atoms with E-state index in [-0.39, 0.29) is 37.4 Å². The number of benzene rings is 3. The van der Waals surface area contributed by atoms with Crippen LogP contribution in [0.2, 0.25) is 0 Å². The molecule has 0 bridgehead atoms. The van der Waals surface area contributed by atoms with Crippen molar-refractivity contribution in [2.45, 2.75) is 39.2 Å². The molecule has 8 nitrogen and oxygen atoms in total. The summed E-state index contributed by atoms with van der Waals surface area (Å²) < 4.78 is 28.2. The maximum absolute atomic E-state index is 12.2. The summed E-state index contributed by atoms with van der Waals surface area (Å²) in [5.41, 5.74) is 5.21. The minimum Gasteiger partial charge on any atom is -0.490 e. The van der Waals surface area contributed by atoms with Gasteiger partial charge in [-0.2, -0.15) is 0 Å². The molecule has 1 saturated carbocycles. The summed E-state index contributed by atoms with van der Waals surface area (Å²) in [4.78, 5) is 25.7. The minimum absolute atomic E-state index is 0.0331. The Morgan fingerprint density at radius 3 is 2.10 bits per heavy atom. The van der Waals surface area contributed by atoms with Crippen LogP contribution in [0.4, 0.5) is 0 Å². The minimum atomic E-state index is -0.377. The van der Waals surface area contributed by atoms with Gasteiger partial charge in [-0.25, -0.2) is 0 Å². The molecule has 1 aliphatic heterocycles. The van der Waals surface area contributed by atoms with Crippen molar-refractivity contribution < 1.29 is 33.3 Å². The van der Waals surface area contributed by atoms with Gasteiger partial charge >= 0.3 is 11.9 Å². The normalized spacial score (nSPS) is 15.2. The molecule has 0 aromatic heterocycles. The van der Waals surface area contributed by atoms with Crippen molar-refractivity contribution in [2.24, 2.45) is 5.92 Å². The maximum Gasteiger partial charge on any atom is 0.314 e. The molecule has 5 rings (SSSR count). The van der Waals surface area contributed by atoms with Crippen molar-refractivity contribution in [3.63, 3.8) is 0 Å². The summed E-state index contributed by atoms with van der Waals surface area (Å²) in [6.07, 6.45) is 2.19. The predicted octanol–water partition coefficient (Wildman–Crippen LogP) is 5.97. The Bertz CT molecular complexity index is 1440. The molecular formula is C34H37NO7. The van der Waals surface area contributed by atoms with Gasteiger partial charge in [0, 0.05) is 13.5 Å². The average Bonchev–Trinajstić information content (AvgIpc) is 3.72. The molecule has 3 aromatic rings. The first-order chi connectivity index (χ1) is 20.3. The molecule has 42 heavy (non-hydrogen) atoms. The fraction of sp³-hybridized carbons (Fsp3) is 0.353. The van der Waals surface area contributed by atoms with Crippen molar-refractivity contribution in [3.05, 3.63) is 83.4 Å². The summed E-state index contributed by atoms with van der Waals surface area (Å²) in [5.74, 6) is 2.22. The molecule has 3 aromatic carbocycles. The fourth-order valence-corrected chi connectivity index (χ4v) is 5.01. The van der Waals surface area contributed by atoms with Crippen LogP contribution >= 0.6 is 0 Å². The zero-order chi connectivity index (χ0) is 29.6. The Morgan fingerprint density at radius 1 is 0.881 bits per heavy atom. The standard InChI is InChI=1S/C34H37NO7/c1-5-30(26-12-17-31-32(18-26)40-21-39-31)33(24-10-15-28(16-11-24)42-34(37)25-6-7-25)23-8-13-27(14-9-23)38-20-29(19-35(3)4)41-22(2)36/h8-18,25,29H,5-7,19-21H2,1-4H3. The van der Waals surface area contributed by atoms with Crippen LogP contribution in [0.3, 0.4) is 0 Å². The SMILES string of the molecule is CCC(=C(c1ccc(OCC(CN(C)C)OC(C)=O)cc1)c1ccc(OC(=O)C2CC2)cc1)c1ccc2c(c1)OCO2. The van der Waals surface area contributed by atoms with Gasteiger partial charge in [-0.3, -0.25) is 9.59 Å². The Balaban J connectivity index is 1.45. The molecule has 0 amide bonds. The number of ether oxygens (including phenoxy) is 5. The van der Waals surface area contributed by atoms with Crippen LogP contribution in [-0.4, -0.2) is 57.0 Å². The van der Waals surface area contributed by atoms with Crippen molar-refractivity contribution in [1.29, 1.82) is 0 Å². The first-order valence-corrected chi connectivity index (χ1v) is 14.3. The molecular weight excluding hydrogens is 534 g/mol. The highest BCUT2D eigenvalue weighted by Crippen LogP contribution is 2.40. The van der Waals surface area contributed by atoms with Gasteiger partial charge in [0.05, 0.1) is 5.92 Å². The molecule has 8 heteroatoms. The summed E-state index contributed by atoms with van der Waals surface area (Å²) >= 11 is 0. The maximum atomic E-state index is 12.2. The van der Waals surface area contributed by atoms with Crippen molar-refractivity contribution in [3.8, 4) is 23.0 Å². The predicted molar refractivity (Wildman–Crippen MR) is 160 cm³/mol. The summed E-state index contributed by atoms with van der Waals surface area (Å²) in [6.45, 7) is 4.56. The Morgan fingerprint density at radius 2 is 1.50 bits per heavy atom. The van der Waals surface area contributed by atoms with E-state index in [0.717, 1.165) is 58.6 Å². The molecule has 2 aliphatic rings. The Labute approximate surface area is 246 Å². The third-order valence-corrected chi connectivity index (χ3v) is 7.13. The summed E-state index contributed by atoms with van der Waals surface area (Å²) in [6, 6.07) is 21.6. The number of fused-ring (bicyclic) bond motifs is 1. The van der Waals surface area contributed by atoms with Gasteiger partial charge in [0.25, 0.3) is 0 Å². The quantitative estimate of drug-likeness (QED) is 0.149. The first kappa shape index (κ1) is 29.2. The molecule has 220 valence electrons. The second kappa shape index (κ2) is 13.1. The molecule has 0 radical (unpaired) electrons. The average molecular weight is 572 g/mol. The van der Waals surface area contributed by atoms with Gasteiger partial charge in [-0.05, 0) is 97.6 Å². The molecule has 1 aliphatic carbocycles. The lowest BCUT2D eigenvalue weighted by molar-refractivity contribution is -0.148. The highest BCUT2D eigenvalue weighted by molar-refractivity contribution is 5.99. The lowest BCUT2D eigenvalue weighted by Crippen LogP contribution is -2.34. The van der Waals surface area contributed by atoms with Crippen LogP contribution in [0.25, 0.3) is 11.1 Å². The molecule has 1 fully saturated rings. The van der Waals surface area contributed by atoms with Crippen molar-refractivity contribution >= 4 is 23.1 Å². The van der Waals surface area contributed by atoms with Gasteiger partial charge in [0.15, 0.2) is 11.5 Å². The number of nitrogens with zero attached hydrogens (tertiary/aromatic N) is 1. The molecule has 0 saturated heterocycles. The third-order valence-electron chi connectivity index (χ3n) is 7.13. The van der Waals surface area contributed by atoms with E-state index in [1.54, 1.807) is 0 Å². The third kappa shape index (κ3) is 7.31. The number of hydrogen-bond acceptors (Lipinski definition) is 8. The van der Waals surface area contributed by atoms with Crippen LogP contribution in [0.5, 0.6) is 23.0 Å². The van der Waals surface area contributed by atoms with E-state index in [2.05, 4.69) is 13.0 Å². The first-order valence-electron chi connectivity index (χ1n) is 14.3. The zero-order valence-electron chi connectivity index (χ0n) is 24.6. The van der Waals surface area contributed by atoms with E-state index < -0.39 is 0 Å². The zero-order valence-corrected chi connectivity index (χ0v) is 24.6. The summed E-state index contributed by atoms with van der Waals surface area (Å²) in [5, 5.41) is 0. The highest BCUT2D eigenvalue weighted by Gasteiger charge is 2.31. The number of rotatable bonds is 12. The molecule has 0 N–H and O–H groups in total. The van der Waals surface area contributed by atoms with Gasteiger partial charge in [-0.15, -0.1) is 0 Å². The number of esters is 2. The molecule has 0 spiro atoms. The lowest BCUT2D eigenvalue weighted by Gasteiger charge is -2.21. The van der Waals surface area contributed by atoms with Gasteiger partial charge in [0.1, 0.15) is 24.2 Å². The largest absolute Gasteiger partial charge is 0.490 e. The molecule has 1 heterocycles. The van der Waals surface area contributed by atoms with Gasteiger partial charge in [-0.1, -0.05) is 37.3 Å². The monoisotopic (exact) mass is 571 g/mol. The fourth-order valence-electron chi connectivity index (χ4n) is 5.01. The van der Waals surface area contributed by atoms with E-state index in [0.29, 0.717) is 18.0 Å². The van der Waals surface area contributed by atoms with E-state index in [1.807, 2.05) is 79.7 Å². The smallest absolute Gasteiger partial charge is 0.314 e. The second-order valence-electron chi connectivity index (χ2n) is 10.8. The van der Waals surface area contributed by atoms with Crippen LogP contribution < -0.4 is 18.9 Å². The number of carbonyl (C=O) groups excluding carboxylic acids is 2. The number of hydrogen-bond donors (Lipinski definition) is 0. The topological polar surface area (TPSA) is 83.5 Å². The Hall–Kier alpha value is -4.30. The molecule has 1 unspecified atom stereocenters.